The second-order valence-corrected chi connectivity index (χ2v) is 3.89. The first-order valence-corrected chi connectivity index (χ1v) is 5.49. The van der Waals surface area contributed by atoms with Crippen LogP contribution in [0.2, 0.25) is 0 Å². The molecule has 5 heteroatoms. The minimum absolute atomic E-state index is 0.116. The molecule has 0 atom stereocenters. The molecule has 5 nitrogen and oxygen atoms in total. The van der Waals surface area contributed by atoms with Crippen LogP contribution >= 0.6 is 0 Å². The second kappa shape index (κ2) is 4.95. The highest BCUT2D eigenvalue weighted by Gasteiger charge is 2.13. The Morgan fingerprint density at radius 3 is 2.76 bits per heavy atom. The average molecular weight is 237 g/mol. The van der Waals surface area contributed by atoms with Crippen molar-refractivity contribution in [2.45, 2.75) is 6.42 Å². The van der Waals surface area contributed by atoms with Gasteiger partial charge in [0.05, 0.1) is 6.42 Å². The molecule has 1 aromatic carbocycles. The number of carboxylic acids is 1. The fourth-order valence-electron chi connectivity index (χ4n) is 1.66. The summed E-state index contributed by atoms with van der Waals surface area (Å²) >= 11 is 0. The molecule has 0 bridgehead atoms. The van der Waals surface area contributed by atoms with E-state index in [9.17, 15) is 4.79 Å². The van der Waals surface area contributed by atoms with Crippen molar-refractivity contribution in [2.75, 3.05) is 31.7 Å². The number of carboxylic acid groups (broad SMARTS) is 1. The largest absolute Gasteiger partial charge is 0.486 e. The molecule has 0 saturated carbocycles. The van der Waals surface area contributed by atoms with Crippen LogP contribution in [-0.2, 0) is 4.79 Å². The van der Waals surface area contributed by atoms with Crippen LogP contribution in [0.5, 0.6) is 11.5 Å². The number of benzene rings is 1. The zero-order chi connectivity index (χ0) is 12.3. The van der Waals surface area contributed by atoms with Crippen LogP contribution in [0.25, 0.3) is 0 Å². The number of aliphatic carboxylic acids is 1. The predicted octanol–water partition coefficient (Wildman–Crippen LogP) is 1.37. The summed E-state index contributed by atoms with van der Waals surface area (Å²) in [6.07, 6.45) is 0.116. The van der Waals surface area contributed by atoms with E-state index >= 15 is 0 Å². The highest BCUT2D eigenvalue weighted by molar-refractivity contribution is 5.68. The molecular weight excluding hydrogens is 222 g/mol. The van der Waals surface area contributed by atoms with Crippen molar-refractivity contribution in [2.24, 2.45) is 0 Å². The molecule has 0 spiro atoms. The van der Waals surface area contributed by atoms with Gasteiger partial charge in [0.1, 0.15) is 13.2 Å². The van der Waals surface area contributed by atoms with Gasteiger partial charge >= 0.3 is 5.97 Å². The van der Waals surface area contributed by atoms with Crippen LogP contribution in [0, 0.1) is 0 Å². The lowest BCUT2D eigenvalue weighted by molar-refractivity contribution is -0.136. The number of carbonyl (C=O) groups is 1. The van der Waals surface area contributed by atoms with Crippen LogP contribution in [0.4, 0.5) is 5.69 Å². The summed E-state index contributed by atoms with van der Waals surface area (Å²) in [7, 11) is 1.86. The fourth-order valence-corrected chi connectivity index (χ4v) is 1.66. The maximum Gasteiger partial charge on any atom is 0.305 e. The SMILES string of the molecule is CN(CCC(=O)O)c1ccc2c(c1)OCCO2. The van der Waals surface area contributed by atoms with Crippen LogP contribution in [0.15, 0.2) is 18.2 Å². The number of anilines is 1. The molecule has 1 heterocycles. The fraction of sp³-hybridized carbons (Fsp3) is 0.417. The predicted molar refractivity (Wildman–Crippen MR) is 63.0 cm³/mol. The van der Waals surface area contributed by atoms with Crippen LogP contribution < -0.4 is 14.4 Å². The first-order valence-electron chi connectivity index (χ1n) is 5.49. The molecule has 0 saturated heterocycles. The van der Waals surface area contributed by atoms with Gasteiger partial charge in [-0.2, -0.15) is 0 Å². The van der Waals surface area contributed by atoms with Gasteiger partial charge in [-0.3, -0.25) is 4.79 Å². The van der Waals surface area contributed by atoms with Crippen molar-refractivity contribution < 1.29 is 19.4 Å². The van der Waals surface area contributed by atoms with E-state index in [1.54, 1.807) is 0 Å². The molecule has 0 unspecified atom stereocenters. The normalized spacial score (nSPS) is 13.2. The molecule has 1 N–H and O–H groups in total. The minimum Gasteiger partial charge on any atom is -0.486 e. The Morgan fingerprint density at radius 2 is 2.06 bits per heavy atom. The van der Waals surface area contributed by atoms with Gasteiger partial charge in [0.2, 0.25) is 0 Å². The van der Waals surface area contributed by atoms with Gasteiger partial charge in [0.25, 0.3) is 0 Å². The Morgan fingerprint density at radius 1 is 1.35 bits per heavy atom. The molecule has 2 rings (SSSR count). The number of hydrogen-bond acceptors (Lipinski definition) is 4. The monoisotopic (exact) mass is 237 g/mol. The summed E-state index contributed by atoms with van der Waals surface area (Å²) in [6.45, 7) is 1.59. The zero-order valence-corrected chi connectivity index (χ0v) is 9.68. The van der Waals surface area contributed by atoms with E-state index in [0.29, 0.717) is 19.8 Å². The van der Waals surface area contributed by atoms with Crippen molar-refractivity contribution in [1.82, 2.24) is 0 Å². The summed E-state index contributed by atoms with van der Waals surface area (Å²) in [4.78, 5) is 12.4. The third-order valence-corrected chi connectivity index (χ3v) is 2.63. The number of rotatable bonds is 4. The maximum absolute atomic E-state index is 10.5. The topological polar surface area (TPSA) is 59.0 Å². The van der Waals surface area contributed by atoms with Gasteiger partial charge in [-0.05, 0) is 12.1 Å². The van der Waals surface area contributed by atoms with Gasteiger partial charge in [-0.25, -0.2) is 0 Å². The molecule has 1 aliphatic rings. The van der Waals surface area contributed by atoms with Crippen LogP contribution in [0.1, 0.15) is 6.42 Å². The molecule has 0 amide bonds. The summed E-state index contributed by atoms with van der Waals surface area (Å²) in [5.41, 5.74) is 0.926. The Hall–Kier alpha value is -1.91. The maximum atomic E-state index is 10.5. The van der Waals surface area contributed by atoms with E-state index < -0.39 is 5.97 Å². The molecule has 0 fully saturated rings. The van der Waals surface area contributed by atoms with E-state index in [-0.39, 0.29) is 6.42 Å². The van der Waals surface area contributed by atoms with E-state index in [1.807, 2.05) is 30.1 Å². The van der Waals surface area contributed by atoms with Crippen molar-refractivity contribution in [1.29, 1.82) is 0 Å². The first kappa shape index (κ1) is 11.6. The summed E-state index contributed by atoms with van der Waals surface area (Å²) < 4.78 is 10.9. The molecule has 0 radical (unpaired) electrons. The van der Waals surface area contributed by atoms with Crippen molar-refractivity contribution in [3.05, 3.63) is 18.2 Å². The highest BCUT2D eigenvalue weighted by Crippen LogP contribution is 2.33. The van der Waals surface area contributed by atoms with Crippen LogP contribution in [-0.4, -0.2) is 37.9 Å². The van der Waals surface area contributed by atoms with E-state index in [1.165, 1.54) is 0 Å². The lowest BCUT2D eigenvalue weighted by Gasteiger charge is -2.23. The number of hydrogen-bond donors (Lipinski definition) is 1. The van der Waals surface area contributed by atoms with Gasteiger partial charge in [-0.15, -0.1) is 0 Å². The second-order valence-electron chi connectivity index (χ2n) is 3.89. The van der Waals surface area contributed by atoms with E-state index in [2.05, 4.69) is 0 Å². The minimum atomic E-state index is -0.797. The Labute approximate surface area is 99.6 Å². The number of nitrogens with zero attached hydrogens (tertiary/aromatic N) is 1. The van der Waals surface area contributed by atoms with Gasteiger partial charge in [0, 0.05) is 25.3 Å². The zero-order valence-electron chi connectivity index (χ0n) is 9.68. The molecule has 92 valence electrons. The standard InChI is InChI=1S/C12H15NO4/c1-13(5-4-12(14)15)9-2-3-10-11(8-9)17-7-6-16-10/h2-3,8H,4-7H2,1H3,(H,14,15). The summed E-state index contributed by atoms with van der Waals surface area (Å²) in [5, 5.41) is 8.63. The van der Waals surface area contributed by atoms with E-state index in [4.69, 9.17) is 14.6 Å². The highest BCUT2D eigenvalue weighted by atomic mass is 16.6. The molecule has 0 aromatic heterocycles. The molecular formula is C12H15NO4. The number of fused-ring (bicyclic) bond motifs is 1. The molecule has 17 heavy (non-hydrogen) atoms. The Balaban J connectivity index is 2.08. The molecule has 0 aliphatic carbocycles. The Bertz CT molecular complexity index is 419. The lowest BCUT2D eigenvalue weighted by atomic mass is 10.2. The van der Waals surface area contributed by atoms with Gasteiger partial charge < -0.3 is 19.5 Å². The first-order chi connectivity index (χ1) is 8.16. The van der Waals surface area contributed by atoms with Gasteiger partial charge in [-0.1, -0.05) is 0 Å². The third-order valence-electron chi connectivity index (χ3n) is 2.63. The smallest absolute Gasteiger partial charge is 0.305 e. The lowest BCUT2D eigenvalue weighted by Crippen LogP contribution is -2.21. The number of ether oxygens (including phenoxy) is 2. The van der Waals surface area contributed by atoms with Gasteiger partial charge in [0.15, 0.2) is 11.5 Å². The van der Waals surface area contributed by atoms with E-state index in [0.717, 1.165) is 17.2 Å². The summed E-state index contributed by atoms with van der Waals surface area (Å²) in [5.74, 6) is 0.664. The molecule has 1 aromatic rings. The molecule has 1 aliphatic heterocycles. The quantitative estimate of drug-likeness (QED) is 0.857. The average Bonchev–Trinajstić information content (AvgIpc) is 2.35. The van der Waals surface area contributed by atoms with Crippen LogP contribution in [0.3, 0.4) is 0 Å². The van der Waals surface area contributed by atoms with Crippen molar-refractivity contribution in [3.63, 3.8) is 0 Å². The van der Waals surface area contributed by atoms with Crippen molar-refractivity contribution >= 4 is 11.7 Å². The third kappa shape index (κ3) is 2.81. The Kier molecular flexibility index (Phi) is 3.37. The van der Waals surface area contributed by atoms with Crippen molar-refractivity contribution in [3.8, 4) is 11.5 Å². The summed E-state index contributed by atoms with van der Waals surface area (Å²) in [6, 6.07) is 5.62.